The van der Waals surface area contributed by atoms with E-state index in [0.29, 0.717) is 24.9 Å². The molecule has 1 fully saturated rings. The third-order valence-corrected chi connectivity index (χ3v) is 5.26. The van der Waals surface area contributed by atoms with Crippen LogP contribution in [0.3, 0.4) is 0 Å². The molecule has 0 saturated carbocycles. The predicted molar refractivity (Wildman–Crippen MR) is 67.5 cm³/mol. The Labute approximate surface area is 99.6 Å². The molecule has 0 radical (unpaired) electrons. The lowest BCUT2D eigenvalue weighted by atomic mass is 9.86. The Morgan fingerprint density at radius 2 is 2.12 bits per heavy atom. The topological polar surface area (TPSA) is 37.4 Å². The van der Waals surface area contributed by atoms with Crippen LogP contribution in [0.25, 0.3) is 0 Å². The molecule has 94 valence electrons. The minimum absolute atomic E-state index is 0.654. The molecule has 1 aliphatic rings. The molecule has 0 amide bonds. The Morgan fingerprint density at radius 1 is 1.44 bits per heavy atom. The first-order valence-corrected chi connectivity index (χ1v) is 7.64. The van der Waals surface area contributed by atoms with E-state index in [2.05, 4.69) is 20.4 Å². The molecule has 0 aromatic heterocycles. The molecule has 0 bridgehead atoms. The second kappa shape index (κ2) is 5.82. The molecular formula is C12H23NO2S. The van der Waals surface area contributed by atoms with Crippen molar-refractivity contribution < 1.29 is 8.42 Å². The Hall–Kier alpha value is -0.350. The van der Waals surface area contributed by atoms with E-state index in [1.165, 1.54) is 6.42 Å². The first-order chi connectivity index (χ1) is 7.51. The highest BCUT2D eigenvalue weighted by Crippen LogP contribution is 2.27. The summed E-state index contributed by atoms with van der Waals surface area (Å²) in [6.45, 7) is 9.16. The van der Waals surface area contributed by atoms with Crippen molar-refractivity contribution >= 4 is 10.0 Å². The first-order valence-electron chi connectivity index (χ1n) is 6.13. The largest absolute Gasteiger partial charge is 0.235 e. The fourth-order valence-electron chi connectivity index (χ4n) is 2.36. The van der Waals surface area contributed by atoms with Gasteiger partial charge in [0.05, 0.1) is 0 Å². The lowest BCUT2D eigenvalue weighted by molar-refractivity contribution is 0.312. The van der Waals surface area contributed by atoms with E-state index in [-0.39, 0.29) is 0 Å². The molecule has 0 aliphatic carbocycles. The van der Waals surface area contributed by atoms with Gasteiger partial charge in [0.25, 0.3) is 0 Å². The Morgan fingerprint density at radius 3 is 2.69 bits per heavy atom. The highest BCUT2D eigenvalue weighted by Gasteiger charge is 2.25. The van der Waals surface area contributed by atoms with Crippen molar-refractivity contribution in [2.75, 3.05) is 13.1 Å². The van der Waals surface area contributed by atoms with E-state index in [1.807, 2.05) is 0 Å². The maximum absolute atomic E-state index is 11.7. The summed E-state index contributed by atoms with van der Waals surface area (Å²) in [6.07, 6.45) is 4.29. The zero-order valence-corrected chi connectivity index (χ0v) is 11.2. The van der Waals surface area contributed by atoms with Gasteiger partial charge in [-0.05, 0) is 31.1 Å². The van der Waals surface area contributed by atoms with Gasteiger partial charge >= 0.3 is 0 Å². The van der Waals surface area contributed by atoms with Gasteiger partial charge in [0.2, 0.25) is 10.0 Å². The number of rotatable bonds is 4. The molecule has 1 aliphatic heterocycles. The van der Waals surface area contributed by atoms with Gasteiger partial charge in [-0.1, -0.05) is 26.8 Å². The second-order valence-electron chi connectivity index (χ2n) is 4.69. The molecule has 1 rings (SSSR count). The average molecular weight is 245 g/mol. The van der Waals surface area contributed by atoms with Crippen molar-refractivity contribution in [1.82, 2.24) is 4.31 Å². The molecule has 3 nitrogen and oxygen atoms in total. The molecule has 0 spiro atoms. The SMILES string of the molecule is C=CS(=O)(=O)N1CCCC(C(C)CC)CC1. The van der Waals surface area contributed by atoms with Gasteiger partial charge in [0.15, 0.2) is 0 Å². The van der Waals surface area contributed by atoms with Gasteiger partial charge in [-0.3, -0.25) is 0 Å². The summed E-state index contributed by atoms with van der Waals surface area (Å²) in [5, 5.41) is 1.07. The maximum Gasteiger partial charge on any atom is 0.235 e. The fourth-order valence-corrected chi connectivity index (χ4v) is 3.31. The fraction of sp³-hybridized carbons (Fsp3) is 0.833. The minimum atomic E-state index is -3.20. The van der Waals surface area contributed by atoms with Crippen LogP contribution < -0.4 is 0 Å². The second-order valence-corrected chi connectivity index (χ2v) is 6.57. The quantitative estimate of drug-likeness (QED) is 0.763. The van der Waals surface area contributed by atoms with Gasteiger partial charge in [0, 0.05) is 18.5 Å². The third kappa shape index (κ3) is 3.32. The number of sulfonamides is 1. The lowest BCUT2D eigenvalue weighted by Crippen LogP contribution is -2.30. The molecule has 0 aromatic rings. The van der Waals surface area contributed by atoms with Gasteiger partial charge in [0.1, 0.15) is 0 Å². The van der Waals surface area contributed by atoms with Gasteiger partial charge in [-0.25, -0.2) is 8.42 Å². The molecule has 4 heteroatoms. The van der Waals surface area contributed by atoms with Gasteiger partial charge < -0.3 is 0 Å². The summed E-state index contributed by atoms with van der Waals surface area (Å²) >= 11 is 0. The van der Waals surface area contributed by atoms with Crippen LogP contribution in [-0.4, -0.2) is 25.8 Å². The van der Waals surface area contributed by atoms with Crippen LogP contribution in [0.4, 0.5) is 0 Å². The third-order valence-electron chi connectivity index (χ3n) is 3.75. The summed E-state index contributed by atoms with van der Waals surface area (Å²) in [7, 11) is -3.20. The molecule has 2 unspecified atom stereocenters. The molecule has 0 aromatic carbocycles. The Balaban J connectivity index is 2.63. The van der Waals surface area contributed by atoms with Crippen LogP contribution in [0.5, 0.6) is 0 Å². The standard InChI is InChI=1S/C12H23NO2S/c1-4-11(3)12-7-6-9-13(10-8-12)16(14,15)5-2/h5,11-12H,2,4,6-10H2,1,3H3. The molecular weight excluding hydrogens is 222 g/mol. The van der Waals surface area contributed by atoms with Crippen LogP contribution in [0.1, 0.15) is 39.5 Å². The predicted octanol–water partition coefficient (Wildman–Crippen LogP) is 2.61. The average Bonchev–Trinajstić information content (AvgIpc) is 2.53. The van der Waals surface area contributed by atoms with Crippen molar-refractivity contribution in [3.05, 3.63) is 12.0 Å². The smallest absolute Gasteiger partial charge is 0.208 e. The number of hydrogen-bond donors (Lipinski definition) is 0. The van der Waals surface area contributed by atoms with E-state index in [0.717, 1.165) is 24.7 Å². The van der Waals surface area contributed by atoms with Gasteiger partial charge in [-0.15, -0.1) is 0 Å². The summed E-state index contributed by atoms with van der Waals surface area (Å²) < 4.78 is 24.9. The van der Waals surface area contributed by atoms with Gasteiger partial charge in [-0.2, -0.15) is 4.31 Å². The maximum atomic E-state index is 11.7. The normalized spacial score (nSPS) is 26.0. The van der Waals surface area contributed by atoms with E-state index in [4.69, 9.17) is 0 Å². The van der Waals surface area contributed by atoms with E-state index < -0.39 is 10.0 Å². The highest BCUT2D eigenvalue weighted by molar-refractivity contribution is 7.92. The summed E-state index contributed by atoms with van der Waals surface area (Å²) in [5.74, 6) is 1.38. The molecule has 1 saturated heterocycles. The molecule has 2 atom stereocenters. The van der Waals surface area contributed by atoms with E-state index in [9.17, 15) is 8.42 Å². The van der Waals surface area contributed by atoms with E-state index in [1.54, 1.807) is 4.31 Å². The van der Waals surface area contributed by atoms with Crippen LogP contribution >= 0.6 is 0 Å². The monoisotopic (exact) mass is 245 g/mol. The first kappa shape index (κ1) is 13.7. The molecule has 0 N–H and O–H groups in total. The summed E-state index contributed by atoms with van der Waals surface area (Å²) in [5.41, 5.74) is 0. The van der Waals surface area contributed by atoms with Crippen molar-refractivity contribution in [3.63, 3.8) is 0 Å². The van der Waals surface area contributed by atoms with E-state index >= 15 is 0 Å². The van der Waals surface area contributed by atoms with Crippen LogP contribution in [0.15, 0.2) is 12.0 Å². The number of nitrogens with zero attached hydrogens (tertiary/aromatic N) is 1. The van der Waals surface area contributed by atoms with Crippen molar-refractivity contribution in [3.8, 4) is 0 Å². The Bertz CT molecular complexity index is 324. The van der Waals surface area contributed by atoms with Crippen molar-refractivity contribution in [2.24, 2.45) is 11.8 Å². The molecule has 1 heterocycles. The van der Waals surface area contributed by atoms with Crippen molar-refractivity contribution in [2.45, 2.75) is 39.5 Å². The zero-order chi connectivity index (χ0) is 12.2. The lowest BCUT2D eigenvalue weighted by Gasteiger charge is -2.21. The summed E-state index contributed by atoms with van der Waals surface area (Å²) in [6, 6.07) is 0. The van der Waals surface area contributed by atoms with Crippen LogP contribution in [-0.2, 0) is 10.0 Å². The number of hydrogen-bond acceptors (Lipinski definition) is 2. The summed E-state index contributed by atoms with van der Waals surface area (Å²) in [4.78, 5) is 0. The Kier molecular flexibility index (Phi) is 4.99. The van der Waals surface area contributed by atoms with Crippen LogP contribution in [0, 0.1) is 11.8 Å². The van der Waals surface area contributed by atoms with Crippen LogP contribution in [0.2, 0.25) is 0 Å². The van der Waals surface area contributed by atoms with Crippen molar-refractivity contribution in [1.29, 1.82) is 0 Å². The highest BCUT2D eigenvalue weighted by atomic mass is 32.2. The minimum Gasteiger partial charge on any atom is -0.208 e. The molecule has 16 heavy (non-hydrogen) atoms. The zero-order valence-electron chi connectivity index (χ0n) is 10.4.